The molecule has 0 radical (unpaired) electrons. The van der Waals surface area contributed by atoms with Crippen LogP contribution in [0.3, 0.4) is 0 Å². The number of hydrogen-bond acceptors (Lipinski definition) is 15. The van der Waals surface area contributed by atoms with Crippen LogP contribution in [-0.4, -0.2) is 202 Å². The number of nitrogens with one attached hydrogen (secondary N) is 4. The number of hydrogen-bond donors (Lipinski definition) is 6. The number of benzene rings is 2. The number of amides is 4. The molecule has 5 aliphatic heterocycles. The largest absolute Gasteiger partial charge is 0.463 e. The highest BCUT2D eigenvalue weighted by Gasteiger charge is 2.52. The second-order valence-corrected chi connectivity index (χ2v) is 18.2. The molecular weight excluding hydrogens is 851 g/mol. The van der Waals surface area contributed by atoms with Gasteiger partial charge in [-0.05, 0) is 45.0 Å². The molecule has 0 saturated carbocycles. The lowest BCUT2D eigenvalue weighted by Gasteiger charge is -2.30. The summed E-state index contributed by atoms with van der Waals surface area (Å²) in [4.78, 5) is 76.9. The fourth-order valence-corrected chi connectivity index (χ4v) is 9.95. The molecule has 5 saturated heterocycles. The first-order valence-electron chi connectivity index (χ1n) is 23.4. The van der Waals surface area contributed by atoms with E-state index in [1.807, 2.05) is 36.4 Å². The average molecular weight is 920 g/mol. The molecule has 362 valence electrons. The molecule has 2 aromatic rings. The number of rotatable bonds is 12. The number of aliphatic hydroxyl groups is 1. The number of ether oxygens (including phenoxy) is 4. The van der Waals surface area contributed by atoms with Crippen molar-refractivity contribution < 1.29 is 48.0 Å². The molecular formula is C47H69N9O10. The van der Waals surface area contributed by atoms with Crippen molar-refractivity contribution in [1.82, 2.24) is 40.9 Å². The van der Waals surface area contributed by atoms with Crippen molar-refractivity contribution in [2.45, 2.75) is 87.5 Å². The van der Waals surface area contributed by atoms with Crippen LogP contribution in [0, 0.1) is 11.8 Å². The molecule has 2 aromatic carbocycles. The van der Waals surface area contributed by atoms with E-state index in [4.69, 9.17) is 24.7 Å². The van der Waals surface area contributed by atoms with Crippen LogP contribution in [0.2, 0.25) is 0 Å². The van der Waals surface area contributed by atoms with Crippen LogP contribution in [0.15, 0.2) is 60.7 Å². The van der Waals surface area contributed by atoms with Crippen molar-refractivity contribution in [3.8, 4) is 0 Å². The van der Waals surface area contributed by atoms with Crippen molar-refractivity contribution in [3.63, 3.8) is 0 Å². The third kappa shape index (κ3) is 12.5. The minimum Gasteiger partial charge on any atom is -0.463 e. The van der Waals surface area contributed by atoms with E-state index in [-0.39, 0.29) is 81.2 Å². The lowest BCUT2D eigenvalue weighted by molar-refractivity contribution is -0.155. The number of nitrogens with zero attached hydrogens (tertiary/aromatic N) is 4. The number of cyclic esters (lactones) is 1. The summed E-state index contributed by atoms with van der Waals surface area (Å²) in [7, 11) is 3.16. The van der Waals surface area contributed by atoms with E-state index in [9.17, 15) is 29.1 Å². The Labute approximate surface area is 387 Å². The van der Waals surface area contributed by atoms with Crippen molar-refractivity contribution in [3.05, 3.63) is 71.8 Å². The molecule has 19 nitrogen and oxygen atoms in total. The number of carbonyl (C=O) groups excluding carboxylic acids is 5. The Bertz CT molecular complexity index is 1940. The van der Waals surface area contributed by atoms with E-state index in [1.165, 1.54) is 18.2 Å². The van der Waals surface area contributed by atoms with Gasteiger partial charge in [0.05, 0.1) is 56.6 Å². The standard InChI is InChI=1S/C47H69N9O10/c1-30(49-2)44(59)51-35-28-65-41(57)14-15-42(58)66-29-36(52-45(60)43(48)50-3)47(62)56-27-40(34-23-54(25-38(34)56)19-17-32-12-8-5-9-13-32)64-21-20-63-39-26-55(46(35)61)37-24-53(22-33(37)39)18-16-31-10-6-4-7-11-31/h4-13,30,33-41,43,49-50,57H,14-29,48H2,1-3H3,(H,51,59)(H,52,60)/t30-,33-,34-,35-,36-,37+,38+,39+,40+,41?,43+/m0/s1. The monoisotopic (exact) mass is 920 g/mol. The summed E-state index contributed by atoms with van der Waals surface area (Å²) in [6.45, 7) is 6.06. The van der Waals surface area contributed by atoms with Gasteiger partial charge in [0.25, 0.3) is 5.91 Å². The minimum absolute atomic E-state index is 0.0171. The highest BCUT2D eigenvalue weighted by Crippen LogP contribution is 2.36. The van der Waals surface area contributed by atoms with Gasteiger partial charge in [0.1, 0.15) is 24.9 Å². The van der Waals surface area contributed by atoms with Crippen LogP contribution < -0.4 is 27.0 Å². The van der Waals surface area contributed by atoms with Gasteiger partial charge in [-0.2, -0.15) is 0 Å². The van der Waals surface area contributed by atoms with E-state index in [0.717, 1.165) is 25.9 Å². The molecule has 11 atom stereocenters. The molecule has 7 rings (SSSR count). The lowest BCUT2D eigenvalue weighted by atomic mass is 10.0. The number of carbonyl (C=O) groups is 5. The Morgan fingerprint density at radius 1 is 0.697 bits per heavy atom. The first kappa shape index (κ1) is 49.3. The number of likely N-dealkylation sites (tertiary alicyclic amines) is 2. The predicted molar refractivity (Wildman–Crippen MR) is 242 cm³/mol. The molecule has 7 N–H and O–H groups in total. The van der Waals surface area contributed by atoms with Gasteiger partial charge in [-0.15, -0.1) is 0 Å². The van der Waals surface area contributed by atoms with E-state index < -0.39 is 60.9 Å². The number of esters is 1. The zero-order valence-electron chi connectivity index (χ0n) is 38.4. The van der Waals surface area contributed by atoms with Crippen LogP contribution in [0.4, 0.5) is 0 Å². The third-order valence-electron chi connectivity index (χ3n) is 13.9. The fourth-order valence-electron chi connectivity index (χ4n) is 9.95. The first-order chi connectivity index (χ1) is 31.9. The van der Waals surface area contributed by atoms with Crippen molar-refractivity contribution in [2.75, 3.05) is 92.9 Å². The maximum absolute atomic E-state index is 14.6. The van der Waals surface area contributed by atoms with Crippen molar-refractivity contribution >= 4 is 29.6 Å². The first-order valence-corrected chi connectivity index (χ1v) is 23.4. The number of likely N-dealkylation sites (N-methyl/N-ethyl adjacent to an activating group) is 2. The molecule has 5 fully saturated rings. The number of aliphatic hydroxyl groups excluding tert-OH is 1. The molecule has 4 amide bonds. The maximum atomic E-state index is 14.6. The van der Waals surface area contributed by atoms with Gasteiger partial charge in [0, 0.05) is 70.6 Å². The Kier molecular flexibility index (Phi) is 17.5. The normalized spacial score (nSPS) is 30.4. The zero-order valence-corrected chi connectivity index (χ0v) is 38.4. The summed E-state index contributed by atoms with van der Waals surface area (Å²) in [5.74, 6) is -2.65. The summed E-state index contributed by atoms with van der Waals surface area (Å²) < 4.78 is 24.6. The van der Waals surface area contributed by atoms with E-state index in [1.54, 1.807) is 23.8 Å². The Hall–Kier alpha value is -4.57. The molecule has 5 heterocycles. The summed E-state index contributed by atoms with van der Waals surface area (Å²) >= 11 is 0. The van der Waals surface area contributed by atoms with Gasteiger partial charge in [0.2, 0.25) is 17.7 Å². The highest BCUT2D eigenvalue weighted by molar-refractivity contribution is 5.91. The summed E-state index contributed by atoms with van der Waals surface area (Å²) in [5, 5.41) is 22.0. The average Bonchev–Trinajstić information content (AvgIpc) is 4.11. The van der Waals surface area contributed by atoms with Gasteiger partial charge >= 0.3 is 5.97 Å². The molecule has 1 unspecified atom stereocenters. The Morgan fingerprint density at radius 3 is 1.70 bits per heavy atom. The van der Waals surface area contributed by atoms with Gasteiger partial charge in [-0.1, -0.05) is 60.7 Å². The summed E-state index contributed by atoms with van der Waals surface area (Å²) in [6.07, 6.45) is -2.12. The Morgan fingerprint density at radius 2 is 1.20 bits per heavy atom. The highest BCUT2D eigenvalue weighted by atomic mass is 16.6. The number of nitrogens with two attached hydrogens (primary N) is 1. The second-order valence-electron chi connectivity index (χ2n) is 18.2. The topological polar surface area (TPSA) is 230 Å². The van der Waals surface area contributed by atoms with Crippen LogP contribution >= 0.6 is 0 Å². The van der Waals surface area contributed by atoms with Crippen LogP contribution in [0.5, 0.6) is 0 Å². The zero-order chi connectivity index (χ0) is 46.7. The van der Waals surface area contributed by atoms with Crippen molar-refractivity contribution in [1.29, 1.82) is 0 Å². The lowest BCUT2D eigenvalue weighted by Crippen LogP contribution is -2.58. The van der Waals surface area contributed by atoms with Crippen LogP contribution in [0.25, 0.3) is 0 Å². The van der Waals surface area contributed by atoms with E-state index in [2.05, 4.69) is 55.3 Å². The molecule has 0 aromatic heterocycles. The summed E-state index contributed by atoms with van der Waals surface area (Å²) in [6, 6.07) is 17.0. The molecule has 0 spiro atoms. The fraction of sp³-hybridized carbons (Fsp3) is 0.638. The van der Waals surface area contributed by atoms with E-state index in [0.29, 0.717) is 32.7 Å². The molecule has 66 heavy (non-hydrogen) atoms. The van der Waals surface area contributed by atoms with Gasteiger partial charge < -0.3 is 65.3 Å². The smallest absolute Gasteiger partial charge is 0.306 e. The number of fused-ring (bicyclic) bond motifs is 10. The van der Waals surface area contributed by atoms with Crippen molar-refractivity contribution in [2.24, 2.45) is 17.6 Å². The second kappa shape index (κ2) is 23.4. The molecule has 4 bridgehead atoms. The van der Waals surface area contributed by atoms with Gasteiger partial charge in [-0.3, -0.25) is 29.3 Å². The molecule has 19 heteroatoms. The minimum atomic E-state index is -1.50. The van der Waals surface area contributed by atoms with Gasteiger partial charge in [-0.25, -0.2) is 0 Å². The Balaban J connectivity index is 1.12. The molecule has 0 aliphatic carbocycles. The third-order valence-corrected chi connectivity index (χ3v) is 13.9. The quantitative estimate of drug-likeness (QED) is 0.103. The summed E-state index contributed by atoms with van der Waals surface area (Å²) in [5.41, 5.74) is 8.40. The predicted octanol–water partition coefficient (Wildman–Crippen LogP) is -1.72. The van der Waals surface area contributed by atoms with Gasteiger partial charge in [0.15, 0.2) is 6.29 Å². The SMILES string of the molecule is CN[C@@H](C)C(=O)N[C@H]1COC(O)CCC(=O)OC[C@H](NC(=O)[C@H](N)NC)C(=O)N2C[C@@H](OCCO[C@@H]3CN(C1=O)[C@@H]1CN(CCc4ccccc4)C[C@@H]13)[C@H]1CN(CCc3ccccc3)C[C@H]12. The molecule has 5 aliphatic rings. The maximum Gasteiger partial charge on any atom is 0.306 e. The van der Waals surface area contributed by atoms with E-state index >= 15 is 0 Å². The van der Waals surface area contributed by atoms with Crippen LogP contribution in [0.1, 0.15) is 30.9 Å². The van der Waals surface area contributed by atoms with Crippen LogP contribution in [-0.2, 0) is 55.8 Å².